The van der Waals surface area contributed by atoms with Gasteiger partial charge in [-0.25, -0.2) is 4.79 Å². The Kier molecular flexibility index (Phi) is 6.25. The third-order valence-electron chi connectivity index (χ3n) is 5.92. The number of hydrogen-bond acceptors (Lipinski definition) is 4. The number of carboxylic acids is 1. The van der Waals surface area contributed by atoms with E-state index in [1.165, 1.54) is 0 Å². The maximum absolute atomic E-state index is 11.9. The largest absolute Gasteiger partial charge is 0.478 e. The van der Waals surface area contributed by atoms with Gasteiger partial charge in [0.2, 0.25) is 0 Å². The van der Waals surface area contributed by atoms with Crippen molar-refractivity contribution in [1.29, 1.82) is 0 Å². The molecule has 0 bridgehead atoms. The van der Waals surface area contributed by atoms with Crippen LogP contribution >= 0.6 is 12.2 Å². The lowest BCUT2D eigenvalue weighted by Crippen LogP contribution is -2.31. The van der Waals surface area contributed by atoms with Crippen LogP contribution in [0.3, 0.4) is 0 Å². The maximum Gasteiger partial charge on any atom is 0.337 e. The van der Waals surface area contributed by atoms with E-state index in [9.17, 15) is 15.0 Å². The van der Waals surface area contributed by atoms with Crippen LogP contribution in [0, 0.1) is 13.8 Å². The number of rotatable bonds is 7. The molecule has 166 valence electrons. The van der Waals surface area contributed by atoms with Crippen LogP contribution in [-0.2, 0) is 0 Å². The normalized spacial score (nSPS) is 18.1. The molecule has 0 unspecified atom stereocenters. The number of hydrogen-bond donors (Lipinski definition) is 3. The monoisotopic (exact) mass is 450 g/mol. The highest BCUT2D eigenvalue weighted by Gasteiger charge is 2.41. The first kappa shape index (κ1) is 22.0. The van der Waals surface area contributed by atoms with Gasteiger partial charge >= 0.3 is 5.97 Å². The van der Waals surface area contributed by atoms with Crippen molar-refractivity contribution in [2.24, 2.45) is 0 Å². The minimum atomic E-state index is -0.964. The van der Waals surface area contributed by atoms with Gasteiger partial charge in [-0.3, -0.25) is 4.98 Å². The number of aryl methyl sites for hydroxylation is 1. The van der Waals surface area contributed by atoms with E-state index in [2.05, 4.69) is 21.3 Å². The number of para-hydroxylation sites is 1. The fourth-order valence-corrected chi connectivity index (χ4v) is 4.86. The molecule has 0 saturated carbocycles. The minimum absolute atomic E-state index is 0.0745. The first-order valence-corrected chi connectivity index (χ1v) is 10.9. The summed E-state index contributed by atoms with van der Waals surface area (Å²) in [5, 5.41) is 23.2. The summed E-state index contributed by atoms with van der Waals surface area (Å²) < 4.78 is 1.99. The van der Waals surface area contributed by atoms with Crippen molar-refractivity contribution in [2.45, 2.75) is 32.4 Å². The van der Waals surface area contributed by atoms with Gasteiger partial charge in [0.25, 0.3) is 0 Å². The zero-order valence-corrected chi connectivity index (χ0v) is 18.8. The Morgan fingerprint density at radius 1 is 1.19 bits per heavy atom. The molecule has 7 nitrogen and oxygen atoms in total. The Hall–Kier alpha value is -3.23. The van der Waals surface area contributed by atoms with Crippen molar-refractivity contribution in [3.8, 4) is 5.69 Å². The number of pyridine rings is 1. The molecular weight excluding hydrogens is 424 g/mol. The first-order chi connectivity index (χ1) is 15.4. The van der Waals surface area contributed by atoms with Gasteiger partial charge in [0.05, 0.1) is 29.0 Å². The molecule has 3 N–H and O–H groups in total. The Bertz CT molecular complexity index is 1150. The lowest BCUT2D eigenvalue weighted by atomic mass is 9.96. The molecule has 2 aromatic heterocycles. The summed E-state index contributed by atoms with van der Waals surface area (Å²) >= 11 is 5.66. The third kappa shape index (κ3) is 3.87. The SMILES string of the molecule is Cc1cc([C@@H]2[C@@H](c3ccccn3)NC(=S)N2CCCO)c(C)n1-c1ccccc1C(=O)O. The molecule has 0 spiro atoms. The second kappa shape index (κ2) is 9.10. The van der Waals surface area contributed by atoms with Crippen molar-refractivity contribution in [3.05, 3.63) is 82.9 Å². The summed E-state index contributed by atoms with van der Waals surface area (Å²) in [5.41, 5.74) is 4.68. The van der Waals surface area contributed by atoms with Gasteiger partial charge in [-0.15, -0.1) is 0 Å². The van der Waals surface area contributed by atoms with Gasteiger partial charge in [-0.2, -0.15) is 0 Å². The zero-order valence-electron chi connectivity index (χ0n) is 18.0. The van der Waals surface area contributed by atoms with Gasteiger partial charge in [-0.1, -0.05) is 18.2 Å². The van der Waals surface area contributed by atoms with E-state index in [0.717, 1.165) is 22.6 Å². The van der Waals surface area contributed by atoms with Crippen LogP contribution in [0.2, 0.25) is 0 Å². The quantitative estimate of drug-likeness (QED) is 0.474. The summed E-state index contributed by atoms with van der Waals surface area (Å²) in [7, 11) is 0. The summed E-state index contributed by atoms with van der Waals surface area (Å²) in [6, 6.07) is 14.6. The topological polar surface area (TPSA) is 90.6 Å². The number of aliphatic hydroxyl groups excluding tert-OH is 1. The number of carboxylic acid groups (broad SMARTS) is 1. The highest BCUT2D eigenvalue weighted by atomic mass is 32.1. The summed E-state index contributed by atoms with van der Waals surface area (Å²) in [5.74, 6) is -0.964. The lowest BCUT2D eigenvalue weighted by molar-refractivity contribution is 0.0697. The van der Waals surface area contributed by atoms with Crippen molar-refractivity contribution >= 4 is 23.3 Å². The van der Waals surface area contributed by atoms with Crippen molar-refractivity contribution < 1.29 is 15.0 Å². The number of aromatic nitrogens is 2. The van der Waals surface area contributed by atoms with E-state index in [1.807, 2.05) is 48.7 Å². The number of aliphatic hydroxyl groups is 1. The molecule has 4 rings (SSSR count). The number of nitrogens with one attached hydrogen (secondary N) is 1. The van der Waals surface area contributed by atoms with Crippen molar-refractivity contribution in [3.63, 3.8) is 0 Å². The van der Waals surface area contributed by atoms with Crippen LogP contribution < -0.4 is 5.32 Å². The second-order valence-corrected chi connectivity index (χ2v) is 8.27. The Balaban J connectivity index is 1.85. The maximum atomic E-state index is 11.9. The molecule has 1 aliphatic rings. The predicted molar refractivity (Wildman–Crippen MR) is 126 cm³/mol. The van der Waals surface area contributed by atoms with Gasteiger partial charge in [0, 0.05) is 30.7 Å². The lowest BCUT2D eigenvalue weighted by Gasteiger charge is -2.28. The molecule has 2 atom stereocenters. The molecule has 1 fully saturated rings. The van der Waals surface area contributed by atoms with Crippen molar-refractivity contribution in [1.82, 2.24) is 19.8 Å². The molecule has 0 amide bonds. The average Bonchev–Trinajstić information content (AvgIpc) is 3.27. The molecule has 8 heteroatoms. The van der Waals surface area contributed by atoms with Crippen LogP contribution in [-0.4, -0.2) is 48.9 Å². The van der Waals surface area contributed by atoms with Gasteiger partial charge < -0.3 is 25.0 Å². The van der Waals surface area contributed by atoms with Crippen LogP contribution in [0.5, 0.6) is 0 Å². The second-order valence-electron chi connectivity index (χ2n) is 7.88. The molecule has 1 aromatic carbocycles. The average molecular weight is 451 g/mol. The first-order valence-electron chi connectivity index (χ1n) is 10.5. The van der Waals surface area contributed by atoms with E-state index < -0.39 is 5.97 Å². The molecule has 1 aliphatic heterocycles. The molecule has 32 heavy (non-hydrogen) atoms. The standard InChI is InChI=1S/C24H26N4O3S/c1-15-14-18(16(2)28(15)20-10-4-3-8-17(20)23(30)31)22-21(19-9-5-6-11-25-19)26-24(32)27(22)12-7-13-29/h3-6,8-11,14,21-22,29H,7,12-13H2,1-2H3,(H,26,32)(H,30,31)/t21-,22-/m1/s1. The van der Waals surface area contributed by atoms with Crippen LogP contribution in [0.1, 0.15) is 51.5 Å². The van der Waals surface area contributed by atoms with E-state index in [4.69, 9.17) is 12.2 Å². The highest BCUT2D eigenvalue weighted by Crippen LogP contribution is 2.41. The fourth-order valence-electron chi connectivity index (χ4n) is 4.53. The molecule has 0 aliphatic carbocycles. The van der Waals surface area contributed by atoms with E-state index >= 15 is 0 Å². The van der Waals surface area contributed by atoms with Gasteiger partial charge in [0.1, 0.15) is 0 Å². The Morgan fingerprint density at radius 2 is 1.94 bits per heavy atom. The number of nitrogens with zero attached hydrogens (tertiary/aromatic N) is 3. The molecule has 3 heterocycles. The number of aromatic carboxylic acids is 1. The Morgan fingerprint density at radius 3 is 2.62 bits per heavy atom. The van der Waals surface area contributed by atoms with E-state index in [-0.39, 0.29) is 24.3 Å². The molecular formula is C24H26N4O3S. The number of benzene rings is 1. The minimum Gasteiger partial charge on any atom is -0.478 e. The fraction of sp³-hybridized carbons (Fsp3) is 0.292. The highest BCUT2D eigenvalue weighted by molar-refractivity contribution is 7.80. The molecule has 1 saturated heterocycles. The number of thiocarbonyl (C=S) groups is 1. The summed E-state index contributed by atoms with van der Waals surface area (Å²) in [6.07, 6.45) is 2.35. The van der Waals surface area contributed by atoms with Crippen molar-refractivity contribution in [2.75, 3.05) is 13.2 Å². The molecule has 0 radical (unpaired) electrons. The summed E-state index contributed by atoms with van der Waals surface area (Å²) in [6.45, 7) is 4.66. The molecule has 3 aromatic rings. The summed E-state index contributed by atoms with van der Waals surface area (Å²) in [4.78, 5) is 18.5. The van der Waals surface area contributed by atoms with Gasteiger partial charge in [0.15, 0.2) is 5.11 Å². The number of carbonyl (C=O) groups is 1. The van der Waals surface area contributed by atoms with Crippen LogP contribution in [0.25, 0.3) is 5.69 Å². The zero-order chi connectivity index (χ0) is 22.8. The van der Waals surface area contributed by atoms with E-state index in [1.54, 1.807) is 18.3 Å². The predicted octanol–water partition coefficient (Wildman–Crippen LogP) is 3.54. The Labute approximate surface area is 192 Å². The van der Waals surface area contributed by atoms with Crippen LogP contribution in [0.15, 0.2) is 54.7 Å². The van der Waals surface area contributed by atoms with Crippen LogP contribution in [0.4, 0.5) is 0 Å². The third-order valence-corrected chi connectivity index (χ3v) is 6.27. The smallest absolute Gasteiger partial charge is 0.337 e. The van der Waals surface area contributed by atoms with Gasteiger partial charge in [-0.05, 0) is 68.4 Å². The van der Waals surface area contributed by atoms with E-state index in [0.29, 0.717) is 23.8 Å².